The Kier molecular flexibility index (Phi) is 4.28. The molecular formula is C22H20N4O. The average molecular weight is 356 g/mol. The van der Waals surface area contributed by atoms with Crippen molar-refractivity contribution in [1.82, 2.24) is 19.5 Å². The van der Waals surface area contributed by atoms with E-state index in [2.05, 4.69) is 28.8 Å². The van der Waals surface area contributed by atoms with Crippen molar-refractivity contribution < 1.29 is 0 Å². The maximum Gasteiger partial charge on any atom is 0.354 e. The van der Waals surface area contributed by atoms with Crippen LogP contribution in [0.15, 0.2) is 65.7 Å². The lowest BCUT2D eigenvalue weighted by Gasteiger charge is -2.18. The third-order valence-corrected chi connectivity index (χ3v) is 4.62. The molecule has 1 aromatic carbocycles. The van der Waals surface area contributed by atoms with Gasteiger partial charge < -0.3 is 0 Å². The molecule has 5 nitrogen and oxygen atoms in total. The maximum atomic E-state index is 13.1. The summed E-state index contributed by atoms with van der Waals surface area (Å²) in [5, 5.41) is 0.834. The van der Waals surface area contributed by atoms with Crippen LogP contribution in [0.5, 0.6) is 0 Å². The predicted molar refractivity (Wildman–Crippen MR) is 107 cm³/mol. The van der Waals surface area contributed by atoms with E-state index in [0.717, 1.165) is 27.9 Å². The molecule has 0 fully saturated rings. The fourth-order valence-corrected chi connectivity index (χ4v) is 3.36. The highest BCUT2D eigenvalue weighted by Crippen LogP contribution is 2.28. The van der Waals surface area contributed by atoms with Gasteiger partial charge >= 0.3 is 5.69 Å². The molecular weight excluding hydrogens is 336 g/mol. The maximum absolute atomic E-state index is 13.1. The highest BCUT2D eigenvalue weighted by atomic mass is 16.1. The fraction of sp³-hybridized carbons (Fsp3) is 0.182. The first-order valence-electron chi connectivity index (χ1n) is 8.97. The summed E-state index contributed by atoms with van der Waals surface area (Å²) in [4.78, 5) is 26.6. The topological polar surface area (TPSA) is 60.7 Å². The molecule has 0 aliphatic rings. The number of pyridine rings is 2. The zero-order valence-electron chi connectivity index (χ0n) is 15.5. The standard InChI is InChI=1S/C22H20N4O/c1-14(2)18-20(15(3)11-13-23-18)26-21-17(10-7-12-24-21)19(25-22(26)27)16-8-5-4-6-9-16/h4-14H,1-3H3. The lowest BCUT2D eigenvalue weighted by Crippen LogP contribution is -2.25. The van der Waals surface area contributed by atoms with Crippen LogP contribution in [-0.2, 0) is 0 Å². The van der Waals surface area contributed by atoms with Crippen LogP contribution in [0.25, 0.3) is 28.0 Å². The van der Waals surface area contributed by atoms with Crippen molar-refractivity contribution in [3.05, 3.63) is 82.7 Å². The van der Waals surface area contributed by atoms with Crippen molar-refractivity contribution in [1.29, 1.82) is 0 Å². The smallest absolute Gasteiger partial charge is 0.259 e. The van der Waals surface area contributed by atoms with E-state index in [1.54, 1.807) is 17.0 Å². The quantitative estimate of drug-likeness (QED) is 0.550. The Hall–Kier alpha value is -3.34. The fourth-order valence-electron chi connectivity index (χ4n) is 3.36. The molecule has 3 aromatic heterocycles. The Morgan fingerprint density at radius 3 is 2.44 bits per heavy atom. The molecule has 3 heterocycles. The monoisotopic (exact) mass is 356 g/mol. The van der Waals surface area contributed by atoms with E-state index in [1.165, 1.54) is 0 Å². The van der Waals surface area contributed by atoms with Gasteiger partial charge in [-0.2, -0.15) is 4.98 Å². The third-order valence-electron chi connectivity index (χ3n) is 4.62. The van der Waals surface area contributed by atoms with Crippen LogP contribution in [0.2, 0.25) is 0 Å². The van der Waals surface area contributed by atoms with Gasteiger partial charge in [-0.15, -0.1) is 0 Å². The van der Waals surface area contributed by atoms with Crippen LogP contribution >= 0.6 is 0 Å². The number of benzene rings is 1. The number of hydrogen-bond donors (Lipinski definition) is 0. The van der Waals surface area contributed by atoms with Gasteiger partial charge in [0.1, 0.15) is 0 Å². The van der Waals surface area contributed by atoms with Gasteiger partial charge in [0.05, 0.1) is 17.1 Å². The second-order valence-electron chi connectivity index (χ2n) is 6.84. The molecule has 134 valence electrons. The molecule has 0 bridgehead atoms. The lowest BCUT2D eigenvalue weighted by atomic mass is 10.0. The number of aromatic nitrogens is 4. The number of rotatable bonds is 3. The van der Waals surface area contributed by atoms with Gasteiger partial charge in [0.15, 0.2) is 5.65 Å². The molecule has 0 N–H and O–H groups in total. The van der Waals surface area contributed by atoms with Gasteiger partial charge in [-0.05, 0) is 36.6 Å². The van der Waals surface area contributed by atoms with Crippen LogP contribution in [0.1, 0.15) is 31.0 Å². The molecule has 0 saturated carbocycles. The predicted octanol–water partition coefficient (Wildman–Crippen LogP) is 4.27. The second-order valence-corrected chi connectivity index (χ2v) is 6.84. The Morgan fingerprint density at radius 2 is 1.70 bits per heavy atom. The number of nitrogens with zero attached hydrogens (tertiary/aromatic N) is 4. The molecule has 27 heavy (non-hydrogen) atoms. The summed E-state index contributed by atoms with van der Waals surface area (Å²) < 4.78 is 1.60. The molecule has 0 aliphatic carbocycles. The minimum absolute atomic E-state index is 0.166. The van der Waals surface area contributed by atoms with Gasteiger partial charge in [-0.25, -0.2) is 14.3 Å². The number of fused-ring (bicyclic) bond motifs is 1. The third kappa shape index (κ3) is 2.91. The summed E-state index contributed by atoms with van der Waals surface area (Å²) in [6.45, 7) is 6.12. The first kappa shape index (κ1) is 17.1. The van der Waals surface area contributed by atoms with Gasteiger partial charge in [0, 0.05) is 23.3 Å². The first-order valence-corrected chi connectivity index (χ1v) is 8.97. The SMILES string of the molecule is Cc1ccnc(C(C)C)c1-n1c(=O)nc(-c2ccccc2)c2cccnc21. The molecule has 0 spiro atoms. The average Bonchev–Trinajstić information content (AvgIpc) is 2.68. The van der Waals surface area contributed by atoms with Gasteiger partial charge in [0.2, 0.25) is 0 Å². The molecule has 0 unspecified atom stereocenters. The van der Waals surface area contributed by atoms with Crippen molar-refractivity contribution in [3.8, 4) is 16.9 Å². The molecule has 0 saturated heterocycles. The van der Waals surface area contributed by atoms with Crippen molar-refractivity contribution >= 4 is 11.0 Å². The molecule has 0 aliphatic heterocycles. The van der Waals surface area contributed by atoms with Crippen molar-refractivity contribution in [2.75, 3.05) is 0 Å². The van der Waals surface area contributed by atoms with E-state index in [-0.39, 0.29) is 11.6 Å². The Labute approximate surface area is 157 Å². The van der Waals surface area contributed by atoms with Gasteiger partial charge in [-0.1, -0.05) is 44.2 Å². The van der Waals surface area contributed by atoms with E-state index in [4.69, 9.17) is 0 Å². The summed E-state index contributed by atoms with van der Waals surface area (Å²) >= 11 is 0. The van der Waals surface area contributed by atoms with Crippen LogP contribution in [-0.4, -0.2) is 19.5 Å². The molecule has 4 aromatic rings. The summed E-state index contributed by atoms with van der Waals surface area (Å²) in [7, 11) is 0. The Balaban J connectivity index is 2.12. The van der Waals surface area contributed by atoms with Crippen LogP contribution in [0.3, 0.4) is 0 Å². The second kappa shape index (κ2) is 6.76. The Morgan fingerprint density at radius 1 is 0.926 bits per heavy atom. The molecule has 0 atom stereocenters. The highest BCUT2D eigenvalue weighted by Gasteiger charge is 2.19. The summed E-state index contributed by atoms with van der Waals surface area (Å²) in [5.41, 5.74) is 4.38. The van der Waals surface area contributed by atoms with Crippen molar-refractivity contribution in [3.63, 3.8) is 0 Å². The van der Waals surface area contributed by atoms with Crippen LogP contribution in [0.4, 0.5) is 0 Å². The number of aryl methyl sites for hydroxylation is 1. The van der Waals surface area contributed by atoms with Gasteiger partial charge in [-0.3, -0.25) is 4.98 Å². The molecule has 0 amide bonds. The van der Waals surface area contributed by atoms with Crippen molar-refractivity contribution in [2.45, 2.75) is 26.7 Å². The van der Waals surface area contributed by atoms with E-state index < -0.39 is 0 Å². The summed E-state index contributed by atoms with van der Waals surface area (Å²) in [6, 6.07) is 15.5. The van der Waals surface area contributed by atoms with E-state index in [0.29, 0.717) is 11.3 Å². The summed E-state index contributed by atoms with van der Waals surface area (Å²) in [6.07, 6.45) is 3.48. The van der Waals surface area contributed by atoms with E-state index in [1.807, 2.05) is 55.5 Å². The van der Waals surface area contributed by atoms with Crippen molar-refractivity contribution in [2.24, 2.45) is 0 Å². The highest BCUT2D eigenvalue weighted by molar-refractivity contribution is 5.91. The van der Waals surface area contributed by atoms with Crippen LogP contribution in [0, 0.1) is 6.92 Å². The van der Waals surface area contributed by atoms with E-state index in [9.17, 15) is 4.79 Å². The van der Waals surface area contributed by atoms with Crippen LogP contribution < -0.4 is 5.69 Å². The minimum atomic E-state index is -0.349. The summed E-state index contributed by atoms with van der Waals surface area (Å²) in [5.74, 6) is 0.166. The zero-order chi connectivity index (χ0) is 19.0. The molecule has 5 heteroatoms. The lowest BCUT2D eigenvalue weighted by molar-refractivity contribution is 0.791. The Bertz CT molecular complexity index is 1180. The molecule has 4 rings (SSSR count). The minimum Gasteiger partial charge on any atom is -0.259 e. The first-order chi connectivity index (χ1) is 13.1. The number of hydrogen-bond acceptors (Lipinski definition) is 4. The largest absolute Gasteiger partial charge is 0.354 e. The van der Waals surface area contributed by atoms with E-state index >= 15 is 0 Å². The normalized spacial score (nSPS) is 11.3. The van der Waals surface area contributed by atoms with Gasteiger partial charge in [0.25, 0.3) is 0 Å². The molecule has 0 radical (unpaired) electrons. The zero-order valence-corrected chi connectivity index (χ0v) is 15.5.